The third-order valence-electron chi connectivity index (χ3n) is 6.13. The Morgan fingerprint density at radius 1 is 1.03 bits per heavy atom. The highest BCUT2D eigenvalue weighted by Crippen LogP contribution is 2.24. The Bertz CT molecular complexity index is 1140. The average Bonchev–Trinajstić information content (AvgIpc) is 3.22. The van der Waals surface area contributed by atoms with Gasteiger partial charge in [-0.3, -0.25) is 9.88 Å². The van der Waals surface area contributed by atoms with Gasteiger partial charge in [-0.25, -0.2) is 9.97 Å². The topological polar surface area (TPSA) is 71.2 Å². The van der Waals surface area contributed by atoms with Crippen LogP contribution in [-0.2, 0) is 0 Å². The maximum Gasteiger partial charge on any atom is 0.226 e. The number of pyridine rings is 1. The first-order chi connectivity index (χ1) is 14.7. The molecule has 1 fully saturated rings. The maximum atomic E-state index is 4.85. The molecule has 1 aliphatic heterocycles. The molecule has 2 atom stereocenters. The smallest absolute Gasteiger partial charge is 0.226 e. The molecule has 0 aliphatic carbocycles. The fraction of sp³-hybridized carbons (Fsp3) is 0.391. The summed E-state index contributed by atoms with van der Waals surface area (Å²) in [6.45, 7) is 6.47. The van der Waals surface area contributed by atoms with Gasteiger partial charge in [0, 0.05) is 48.5 Å². The monoisotopic (exact) mass is 401 g/mol. The zero-order chi connectivity index (χ0) is 20.5. The minimum Gasteiger partial charge on any atom is -0.353 e. The number of fused-ring (bicyclic) bond motifs is 3. The van der Waals surface area contributed by atoms with E-state index in [-0.39, 0.29) is 0 Å². The van der Waals surface area contributed by atoms with E-state index in [2.05, 4.69) is 29.0 Å². The minimum absolute atomic E-state index is 0.628. The lowest BCUT2D eigenvalue weighted by molar-refractivity contribution is 0.109. The van der Waals surface area contributed by atoms with E-state index < -0.39 is 0 Å². The van der Waals surface area contributed by atoms with Crippen molar-refractivity contribution in [2.75, 3.05) is 18.4 Å². The van der Waals surface area contributed by atoms with Gasteiger partial charge in [0.2, 0.25) is 5.95 Å². The molecule has 0 saturated carbocycles. The number of aromatic nitrogens is 5. The van der Waals surface area contributed by atoms with Crippen LogP contribution in [0, 0.1) is 0 Å². The number of nitrogens with zero attached hydrogens (tertiary/aromatic N) is 6. The van der Waals surface area contributed by atoms with Crippen LogP contribution in [0.1, 0.15) is 33.1 Å². The van der Waals surface area contributed by atoms with E-state index in [4.69, 9.17) is 15.1 Å². The van der Waals surface area contributed by atoms with Crippen LogP contribution in [0.4, 0.5) is 5.95 Å². The average molecular weight is 402 g/mol. The quantitative estimate of drug-likeness (QED) is 0.545. The summed E-state index contributed by atoms with van der Waals surface area (Å²) in [5, 5.41) is 9.27. The summed E-state index contributed by atoms with van der Waals surface area (Å²) in [6.07, 6.45) is 7.43. The van der Waals surface area contributed by atoms with Crippen LogP contribution in [0.25, 0.3) is 27.9 Å². The zero-order valence-electron chi connectivity index (χ0n) is 17.5. The molecule has 3 aromatic heterocycles. The molecule has 1 saturated heterocycles. The Morgan fingerprint density at radius 3 is 2.67 bits per heavy atom. The molecule has 0 unspecified atom stereocenters. The summed E-state index contributed by atoms with van der Waals surface area (Å²) in [6, 6.07) is 13.2. The van der Waals surface area contributed by atoms with Gasteiger partial charge in [0.1, 0.15) is 0 Å². The Balaban J connectivity index is 1.48. The van der Waals surface area contributed by atoms with Gasteiger partial charge in [0.05, 0.1) is 5.52 Å². The number of para-hydroxylation sites is 1. The SMILES string of the molecule is C[C@@H]1CCC[C@H](C)N1CCNc1nc2ccccc2c2nc(-c3cccnc3)nn12. The van der Waals surface area contributed by atoms with E-state index in [0.29, 0.717) is 17.9 Å². The van der Waals surface area contributed by atoms with Crippen LogP contribution in [0.5, 0.6) is 0 Å². The predicted octanol–water partition coefficient (Wildman–Crippen LogP) is 4.01. The van der Waals surface area contributed by atoms with Crippen LogP contribution in [0.15, 0.2) is 48.8 Å². The Labute approximate surface area is 176 Å². The van der Waals surface area contributed by atoms with Crippen molar-refractivity contribution in [3.63, 3.8) is 0 Å². The van der Waals surface area contributed by atoms with E-state index in [1.54, 1.807) is 12.4 Å². The van der Waals surface area contributed by atoms with E-state index in [0.717, 1.165) is 41.2 Å². The summed E-state index contributed by atoms with van der Waals surface area (Å²) in [5.41, 5.74) is 2.62. The van der Waals surface area contributed by atoms with Gasteiger partial charge < -0.3 is 5.32 Å². The third-order valence-corrected chi connectivity index (χ3v) is 6.13. The van der Waals surface area contributed by atoms with Crippen LogP contribution in [0.2, 0.25) is 0 Å². The summed E-state index contributed by atoms with van der Waals surface area (Å²) in [5.74, 6) is 1.38. The first-order valence-electron chi connectivity index (χ1n) is 10.8. The molecule has 30 heavy (non-hydrogen) atoms. The molecule has 154 valence electrons. The van der Waals surface area contributed by atoms with E-state index in [1.165, 1.54) is 19.3 Å². The number of rotatable bonds is 5. The second-order valence-electron chi connectivity index (χ2n) is 8.16. The van der Waals surface area contributed by atoms with E-state index in [1.807, 2.05) is 40.9 Å². The number of hydrogen-bond donors (Lipinski definition) is 1. The van der Waals surface area contributed by atoms with Crippen molar-refractivity contribution in [1.82, 2.24) is 29.5 Å². The lowest BCUT2D eigenvalue weighted by Gasteiger charge is -2.39. The maximum absolute atomic E-state index is 4.85. The van der Waals surface area contributed by atoms with Crippen molar-refractivity contribution in [3.8, 4) is 11.4 Å². The van der Waals surface area contributed by atoms with Gasteiger partial charge in [0.25, 0.3) is 0 Å². The standard InChI is InChI=1S/C23H27N7/c1-16-7-5-8-17(2)29(16)14-13-25-23-26-20-11-4-3-10-19(20)22-27-21(28-30(22)23)18-9-6-12-24-15-18/h3-4,6,9-12,15-17H,5,7-8,13-14H2,1-2H3,(H,25,26)/t16-,17+. The number of hydrogen-bond acceptors (Lipinski definition) is 6. The Morgan fingerprint density at radius 2 is 1.87 bits per heavy atom. The first kappa shape index (κ1) is 18.9. The normalized spacial score (nSPS) is 20.1. The van der Waals surface area contributed by atoms with E-state index in [9.17, 15) is 0 Å². The van der Waals surface area contributed by atoms with Crippen LogP contribution in [-0.4, -0.2) is 54.6 Å². The molecule has 0 amide bonds. The summed E-state index contributed by atoms with van der Waals surface area (Å²) in [7, 11) is 0. The van der Waals surface area contributed by atoms with Crippen LogP contribution in [0.3, 0.4) is 0 Å². The number of piperidine rings is 1. The van der Waals surface area contributed by atoms with Crippen molar-refractivity contribution >= 4 is 22.5 Å². The van der Waals surface area contributed by atoms with Gasteiger partial charge in [-0.15, -0.1) is 5.10 Å². The second kappa shape index (κ2) is 7.99. The molecule has 1 aromatic carbocycles. The lowest BCUT2D eigenvalue weighted by Crippen LogP contribution is -2.45. The lowest BCUT2D eigenvalue weighted by atomic mass is 9.98. The molecule has 4 heterocycles. The summed E-state index contributed by atoms with van der Waals surface area (Å²) < 4.78 is 1.83. The van der Waals surface area contributed by atoms with Gasteiger partial charge in [-0.2, -0.15) is 4.52 Å². The Kier molecular flexibility index (Phi) is 5.04. The predicted molar refractivity (Wildman–Crippen MR) is 119 cm³/mol. The first-order valence-corrected chi connectivity index (χ1v) is 10.8. The molecule has 0 bridgehead atoms. The molecule has 5 rings (SSSR count). The highest BCUT2D eigenvalue weighted by molar-refractivity contribution is 5.92. The van der Waals surface area contributed by atoms with E-state index >= 15 is 0 Å². The Hall–Kier alpha value is -3.06. The number of anilines is 1. The molecule has 0 spiro atoms. The van der Waals surface area contributed by atoms with Crippen LogP contribution >= 0.6 is 0 Å². The largest absolute Gasteiger partial charge is 0.353 e. The fourth-order valence-electron chi connectivity index (χ4n) is 4.50. The van der Waals surface area contributed by atoms with Crippen molar-refractivity contribution in [2.45, 2.75) is 45.2 Å². The number of likely N-dealkylation sites (tertiary alicyclic amines) is 1. The summed E-state index contributed by atoms with van der Waals surface area (Å²) >= 11 is 0. The fourth-order valence-corrected chi connectivity index (χ4v) is 4.50. The molecule has 1 aliphatic rings. The molecule has 1 N–H and O–H groups in total. The highest BCUT2D eigenvalue weighted by atomic mass is 15.4. The van der Waals surface area contributed by atoms with Gasteiger partial charge in [0.15, 0.2) is 11.5 Å². The highest BCUT2D eigenvalue weighted by Gasteiger charge is 2.24. The van der Waals surface area contributed by atoms with Crippen molar-refractivity contribution < 1.29 is 0 Å². The van der Waals surface area contributed by atoms with Gasteiger partial charge in [-0.05, 0) is 51.0 Å². The molecule has 0 radical (unpaired) electrons. The minimum atomic E-state index is 0.628. The van der Waals surface area contributed by atoms with Crippen molar-refractivity contribution in [3.05, 3.63) is 48.8 Å². The molecular weight excluding hydrogens is 374 g/mol. The zero-order valence-corrected chi connectivity index (χ0v) is 17.5. The number of benzene rings is 1. The third kappa shape index (κ3) is 3.50. The van der Waals surface area contributed by atoms with Gasteiger partial charge in [-0.1, -0.05) is 18.6 Å². The second-order valence-corrected chi connectivity index (χ2v) is 8.16. The summed E-state index contributed by atoms with van der Waals surface area (Å²) in [4.78, 5) is 16.5. The van der Waals surface area contributed by atoms with Gasteiger partial charge >= 0.3 is 0 Å². The van der Waals surface area contributed by atoms with Crippen LogP contribution < -0.4 is 5.32 Å². The number of nitrogens with one attached hydrogen (secondary N) is 1. The molecule has 4 aromatic rings. The van der Waals surface area contributed by atoms with Crippen molar-refractivity contribution in [1.29, 1.82) is 0 Å². The molecule has 7 nitrogen and oxygen atoms in total. The van der Waals surface area contributed by atoms with Crippen molar-refractivity contribution in [2.24, 2.45) is 0 Å². The molecular formula is C23H27N7. The molecule has 7 heteroatoms.